The van der Waals surface area contributed by atoms with Gasteiger partial charge in [-0.3, -0.25) is 4.79 Å². The van der Waals surface area contributed by atoms with E-state index in [1.165, 1.54) is 11.3 Å². The van der Waals surface area contributed by atoms with Gasteiger partial charge in [-0.25, -0.2) is 13.1 Å². The summed E-state index contributed by atoms with van der Waals surface area (Å²) in [4.78, 5) is 12.7. The van der Waals surface area contributed by atoms with Gasteiger partial charge < -0.3 is 4.74 Å². The van der Waals surface area contributed by atoms with E-state index in [1.807, 2.05) is 11.4 Å². The molecule has 0 radical (unpaired) electrons. The third kappa shape index (κ3) is 3.84. The van der Waals surface area contributed by atoms with Crippen molar-refractivity contribution in [1.82, 2.24) is 4.72 Å². The SMILES string of the molecule is O=C(NS(=O)(=O)CC1CCCCO1)c1sccc1C1CC1. The molecule has 3 rings (SSSR count). The van der Waals surface area contributed by atoms with Gasteiger partial charge in [0.15, 0.2) is 0 Å². The fourth-order valence-corrected chi connectivity index (χ4v) is 4.80. The molecular weight excluding hydrogens is 310 g/mol. The predicted molar refractivity (Wildman–Crippen MR) is 81.1 cm³/mol. The van der Waals surface area contributed by atoms with Crippen LogP contribution in [0.3, 0.4) is 0 Å². The second-order valence-corrected chi connectivity index (χ2v) is 8.36. The average Bonchev–Trinajstić information content (AvgIpc) is 3.15. The molecule has 0 aromatic carbocycles. The average molecular weight is 329 g/mol. The highest BCUT2D eigenvalue weighted by Gasteiger charge is 2.31. The molecule has 2 heterocycles. The molecule has 1 saturated heterocycles. The summed E-state index contributed by atoms with van der Waals surface area (Å²) in [5, 5.41) is 1.85. The number of rotatable bonds is 5. The van der Waals surface area contributed by atoms with Crippen molar-refractivity contribution in [3.8, 4) is 0 Å². The predicted octanol–water partition coefficient (Wildman–Crippen LogP) is 2.25. The zero-order valence-electron chi connectivity index (χ0n) is 11.7. The Kier molecular flexibility index (Phi) is 4.33. The molecule has 1 aromatic heterocycles. The molecule has 116 valence electrons. The Labute approximate surface area is 128 Å². The molecule has 2 aliphatic rings. The highest BCUT2D eigenvalue weighted by atomic mass is 32.2. The molecule has 7 heteroatoms. The molecule has 1 N–H and O–H groups in total. The lowest BCUT2D eigenvalue weighted by Crippen LogP contribution is -2.38. The summed E-state index contributed by atoms with van der Waals surface area (Å²) >= 11 is 1.31. The summed E-state index contributed by atoms with van der Waals surface area (Å²) in [6, 6.07) is 1.92. The minimum atomic E-state index is -3.65. The molecular formula is C14H19NO4S2. The van der Waals surface area contributed by atoms with E-state index in [-0.39, 0.29) is 11.9 Å². The lowest BCUT2D eigenvalue weighted by Gasteiger charge is -2.22. The first-order valence-corrected chi connectivity index (χ1v) is 9.82. The van der Waals surface area contributed by atoms with Gasteiger partial charge in [-0.1, -0.05) is 0 Å². The van der Waals surface area contributed by atoms with Crippen LogP contribution in [-0.2, 0) is 14.8 Å². The molecule has 1 aliphatic heterocycles. The van der Waals surface area contributed by atoms with Crippen molar-refractivity contribution in [2.45, 2.75) is 44.1 Å². The summed E-state index contributed by atoms with van der Waals surface area (Å²) in [6.07, 6.45) is 4.56. The van der Waals surface area contributed by atoms with Gasteiger partial charge in [0.2, 0.25) is 10.0 Å². The van der Waals surface area contributed by atoms with Crippen LogP contribution in [0.5, 0.6) is 0 Å². The molecule has 1 unspecified atom stereocenters. The van der Waals surface area contributed by atoms with Crippen LogP contribution in [0.25, 0.3) is 0 Å². The van der Waals surface area contributed by atoms with Crippen LogP contribution >= 0.6 is 11.3 Å². The fourth-order valence-electron chi connectivity index (χ4n) is 2.63. The Morgan fingerprint density at radius 3 is 2.81 bits per heavy atom. The Balaban J connectivity index is 1.63. The Morgan fingerprint density at radius 2 is 2.14 bits per heavy atom. The first kappa shape index (κ1) is 15.0. The number of carbonyl (C=O) groups is 1. The number of ether oxygens (including phenoxy) is 1. The maximum Gasteiger partial charge on any atom is 0.275 e. The van der Waals surface area contributed by atoms with Crippen LogP contribution in [0, 0.1) is 0 Å². The second kappa shape index (κ2) is 6.06. The molecule has 2 fully saturated rings. The smallest absolute Gasteiger partial charge is 0.275 e. The standard InChI is InChI=1S/C14H19NO4S2/c16-14(13-12(6-8-20-13)10-4-5-10)15-21(17,18)9-11-3-1-2-7-19-11/h6,8,10-11H,1-5,7,9H2,(H,15,16). The quantitative estimate of drug-likeness (QED) is 0.899. The molecule has 0 spiro atoms. The summed E-state index contributed by atoms with van der Waals surface area (Å²) < 4.78 is 31.8. The Bertz CT molecular complexity index is 613. The molecule has 1 amide bonds. The van der Waals surface area contributed by atoms with E-state index >= 15 is 0 Å². The summed E-state index contributed by atoms with van der Waals surface area (Å²) in [5.74, 6) is -0.202. The molecule has 21 heavy (non-hydrogen) atoms. The Morgan fingerprint density at radius 1 is 1.33 bits per heavy atom. The van der Waals surface area contributed by atoms with Gasteiger partial charge >= 0.3 is 0 Å². The highest BCUT2D eigenvalue weighted by Crippen LogP contribution is 2.43. The number of nitrogens with one attached hydrogen (secondary N) is 1. The van der Waals surface area contributed by atoms with Crippen LogP contribution in [0.4, 0.5) is 0 Å². The lowest BCUT2D eigenvalue weighted by atomic mass is 10.1. The fraction of sp³-hybridized carbons (Fsp3) is 0.643. The summed E-state index contributed by atoms with van der Waals surface area (Å²) in [5.41, 5.74) is 0.988. The van der Waals surface area contributed by atoms with Gasteiger partial charge in [-0.05, 0) is 55.0 Å². The number of carbonyl (C=O) groups excluding carboxylic acids is 1. The van der Waals surface area contributed by atoms with E-state index in [0.29, 0.717) is 17.4 Å². The van der Waals surface area contributed by atoms with E-state index in [2.05, 4.69) is 4.72 Å². The maximum atomic E-state index is 12.2. The molecule has 5 nitrogen and oxygen atoms in total. The monoisotopic (exact) mass is 329 g/mol. The highest BCUT2D eigenvalue weighted by molar-refractivity contribution is 7.90. The topological polar surface area (TPSA) is 72.5 Å². The van der Waals surface area contributed by atoms with Crippen LogP contribution < -0.4 is 4.72 Å². The summed E-state index contributed by atoms with van der Waals surface area (Å²) in [6.45, 7) is 0.602. The minimum absolute atomic E-state index is 0.136. The van der Waals surface area contributed by atoms with Gasteiger partial charge in [-0.2, -0.15) is 0 Å². The van der Waals surface area contributed by atoms with Crippen molar-refractivity contribution in [3.05, 3.63) is 21.9 Å². The third-order valence-electron chi connectivity index (χ3n) is 3.85. The van der Waals surface area contributed by atoms with Crippen molar-refractivity contribution >= 4 is 27.3 Å². The van der Waals surface area contributed by atoms with Gasteiger partial charge in [0.25, 0.3) is 5.91 Å². The van der Waals surface area contributed by atoms with Crippen LogP contribution in [0.15, 0.2) is 11.4 Å². The first-order chi connectivity index (χ1) is 10.1. The van der Waals surface area contributed by atoms with E-state index < -0.39 is 15.9 Å². The van der Waals surface area contributed by atoms with Gasteiger partial charge in [-0.15, -0.1) is 11.3 Å². The number of thiophene rings is 1. The molecule has 1 saturated carbocycles. The number of hydrogen-bond donors (Lipinski definition) is 1. The Hall–Kier alpha value is -0.920. The first-order valence-electron chi connectivity index (χ1n) is 7.29. The van der Waals surface area contributed by atoms with Crippen molar-refractivity contribution < 1.29 is 17.9 Å². The van der Waals surface area contributed by atoms with Gasteiger partial charge in [0, 0.05) is 6.61 Å². The largest absolute Gasteiger partial charge is 0.377 e. The molecule has 1 atom stereocenters. The van der Waals surface area contributed by atoms with Crippen LogP contribution in [0.1, 0.15) is 53.3 Å². The maximum absolute atomic E-state index is 12.2. The van der Waals surface area contributed by atoms with Crippen molar-refractivity contribution in [1.29, 1.82) is 0 Å². The lowest BCUT2D eigenvalue weighted by molar-refractivity contribution is 0.0304. The number of amides is 1. The second-order valence-electron chi connectivity index (χ2n) is 5.68. The minimum Gasteiger partial charge on any atom is -0.377 e. The van der Waals surface area contributed by atoms with Crippen LogP contribution in [-0.4, -0.2) is 32.8 Å². The van der Waals surface area contributed by atoms with Crippen molar-refractivity contribution in [3.63, 3.8) is 0 Å². The number of hydrogen-bond acceptors (Lipinski definition) is 5. The van der Waals surface area contributed by atoms with E-state index in [4.69, 9.17) is 4.74 Å². The summed E-state index contributed by atoms with van der Waals surface area (Å²) in [7, 11) is -3.65. The molecule has 1 aromatic rings. The van der Waals surface area contributed by atoms with Gasteiger partial charge in [0.05, 0.1) is 16.7 Å². The van der Waals surface area contributed by atoms with E-state index in [0.717, 1.165) is 37.7 Å². The molecule has 1 aliphatic carbocycles. The molecule has 0 bridgehead atoms. The number of sulfonamides is 1. The van der Waals surface area contributed by atoms with E-state index in [1.54, 1.807) is 0 Å². The third-order valence-corrected chi connectivity index (χ3v) is 6.08. The van der Waals surface area contributed by atoms with E-state index in [9.17, 15) is 13.2 Å². The van der Waals surface area contributed by atoms with Gasteiger partial charge in [0.1, 0.15) is 0 Å². The van der Waals surface area contributed by atoms with Crippen molar-refractivity contribution in [2.75, 3.05) is 12.4 Å². The van der Waals surface area contributed by atoms with Crippen molar-refractivity contribution in [2.24, 2.45) is 0 Å². The normalized spacial score (nSPS) is 23.0. The zero-order valence-corrected chi connectivity index (χ0v) is 13.3. The zero-order chi connectivity index (χ0) is 14.9. The van der Waals surface area contributed by atoms with Crippen LogP contribution in [0.2, 0.25) is 0 Å².